The van der Waals surface area contributed by atoms with Gasteiger partial charge < -0.3 is 9.97 Å². The van der Waals surface area contributed by atoms with Crippen LogP contribution in [0.2, 0.25) is 0 Å². The Balaban J connectivity index is 0.000000207. The fraction of sp³-hybridized carbons (Fsp3) is 0. The Morgan fingerprint density at radius 3 is 0.596 bits per heavy atom. The summed E-state index contributed by atoms with van der Waals surface area (Å²) in [5.74, 6) is -71.4. The van der Waals surface area contributed by atoms with Gasteiger partial charge >= 0.3 is 19.5 Å². The van der Waals surface area contributed by atoms with Crippen LogP contribution >= 0.6 is 0 Å². The average molecular weight is 1360 g/mol. The first-order valence-electron chi connectivity index (χ1n) is 26.4. The number of H-pyrrole nitrogens is 2. The topological polar surface area (TPSA) is 57.4 Å². The zero-order chi connectivity index (χ0) is 67.3. The van der Waals surface area contributed by atoms with Crippen molar-refractivity contribution in [2.45, 2.75) is 0 Å². The van der Waals surface area contributed by atoms with E-state index < -0.39 is 144 Å². The van der Waals surface area contributed by atoms with Crippen molar-refractivity contribution in [3.63, 3.8) is 0 Å². The van der Waals surface area contributed by atoms with Gasteiger partial charge in [-0.2, -0.15) is 146 Å². The number of fused-ring (bicyclic) bond motifs is 8. The Hall–Kier alpha value is -10.4. The Kier molecular flexibility index (Phi) is 24.0. The van der Waals surface area contributed by atoms with Crippen molar-refractivity contribution in [2.24, 2.45) is 0 Å². The van der Waals surface area contributed by atoms with Gasteiger partial charge in [-0.15, -0.1) is 21.9 Å². The third kappa shape index (κ3) is 15.4. The van der Waals surface area contributed by atoms with E-state index in [-0.39, 0.29) is 19.5 Å². The maximum absolute atomic E-state index is 15.4. The normalized spacial score (nSPS) is 11.0. The number of hydrogen-bond acceptors (Lipinski definition) is 2. The van der Waals surface area contributed by atoms with Gasteiger partial charge in [0.05, 0.1) is 22.8 Å². The molecule has 26 heteroatoms. The molecule has 3 aromatic heterocycles. The minimum atomic E-state index is -7.22. The van der Waals surface area contributed by atoms with Crippen molar-refractivity contribution in [1.29, 1.82) is 0 Å². The molecule has 11 aromatic rings. The number of nitrogens with zero attached hydrogens (tertiary/aromatic N) is 2. The molecule has 474 valence electrons. The van der Waals surface area contributed by atoms with E-state index in [1.54, 1.807) is 0 Å². The van der Waals surface area contributed by atoms with Crippen molar-refractivity contribution in [1.82, 2.24) is 19.9 Å². The van der Waals surface area contributed by atoms with Crippen LogP contribution in [0.25, 0.3) is 46.4 Å². The smallest absolute Gasteiger partial charge is 0.355 e. The third-order valence-electron chi connectivity index (χ3n) is 13.2. The number of halogens is 20. The molecule has 2 aliphatic rings. The van der Waals surface area contributed by atoms with Crippen LogP contribution in [-0.4, -0.2) is 26.1 Å². The van der Waals surface area contributed by atoms with Crippen LogP contribution in [0.15, 0.2) is 170 Å². The fourth-order valence-electron chi connectivity index (χ4n) is 9.19. The Morgan fingerprint density at radius 2 is 0.415 bits per heavy atom. The fourth-order valence-corrected chi connectivity index (χ4v) is 9.19. The van der Waals surface area contributed by atoms with Crippen LogP contribution in [0.4, 0.5) is 87.8 Å². The second-order valence-electron chi connectivity index (χ2n) is 19.0. The van der Waals surface area contributed by atoms with Crippen molar-refractivity contribution in [3.8, 4) is 0 Å². The summed E-state index contributed by atoms with van der Waals surface area (Å²) in [6.07, 6.45) is 0.830. The van der Waals surface area contributed by atoms with Crippen molar-refractivity contribution >= 4 is 74.4 Å². The number of rotatable bonds is 4. The molecule has 5 heterocycles. The molecule has 0 unspecified atom stereocenters. The second kappa shape index (κ2) is 31.8. The van der Waals surface area contributed by atoms with Crippen molar-refractivity contribution < 1.29 is 107 Å². The van der Waals surface area contributed by atoms with Crippen molar-refractivity contribution in [3.05, 3.63) is 333 Å². The molecule has 4 nitrogen and oxygen atoms in total. The molecule has 2 N–H and O–H groups in total. The van der Waals surface area contributed by atoms with Crippen LogP contribution in [0.1, 0.15) is 22.8 Å². The van der Waals surface area contributed by atoms with Crippen LogP contribution in [0, 0.1) is 141 Å². The molecule has 0 atom stereocenters. The molecule has 0 aliphatic carbocycles. The molecule has 0 saturated carbocycles. The predicted octanol–water partition coefficient (Wildman–Crippen LogP) is 16.4. The Labute approximate surface area is 532 Å². The molecule has 13 rings (SSSR count). The first kappa shape index (κ1) is 71.1. The molecule has 0 fully saturated rings. The minimum Gasteiger partial charge on any atom is -0.355 e. The quantitative estimate of drug-likeness (QED) is 0.0607. The third-order valence-corrected chi connectivity index (χ3v) is 13.2. The van der Waals surface area contributed by atoms with Gasteiger partial charge in [-0.3, -0.25) is 0 Å². The summed E-state index contributed by atoms with van der Waals surface area (Å²) >= 11 is 0. The second-order valence-corrected chi connectivity index (χ2v) is 19.0. The van der Waals surface area contributed by atoms with E-state index >= 15 is 35.1 Å². The van der Waals surface area contributed by atoms with E-state index in [2.05, 4.69) is 74.5 Å². The van der Waals surface area contributed by atoms with E-state index in [9.17, 15) is 52.7 Å². The van der Waals surface area contributed by atoms with Gasteiger partial charge in [-0.05, 0) is 72.8 Å². The molecule has 8 bridgehead atoms. The molecule has 8 aromatic carbocycles. The molecule has 2 aliphatic heterocycles. The SMILES string of the molecule is C1=Cc2cc3ccc(cc4ccc(cc5nc(cc1n2)C=C5)[nH]4)[nH]3.Fc1c(F)c(F)c([B-](c2c(F)c(F)c(F)c(F)c2F)(c2c(F)c(F)c(F)c(F)c2F)c2c(F)c(F)c(F)c(F)c2F)c(F)c1F.[Zn+2].[c-]1ccccc1.[c-]1ccccc1.[c-]1ccccc1.[c-]1ccccc1. The number of hydrogen-bond donors (Lipinski definition) is 2. The Morgan fingerprint density at radius 1 is 0.234 bits per heavy atom. The maximum Gasteiger partial charge on any atom is 2.00 e. The van der Waals surface area contributed by atoms with Gasteiger partial charge in [0.25, 0.3) is 0 Å². The van der Waals surface area contributed by atoms with Gasteiger partial charge in [0.1, 0.15) is 52.7 Å². The van der Waals surface area contributed by atoms with E-state index in [0.717, 1.165) is 44.8 Å². The molecular formula is C68H34BF20N4Zn-3. The molecule has 0 amide bonds. The van der Waals surface area contributed by atoms with Crippen LogP contribution in [0.3, 0.4) is 0 Å². The predicted molar refractivity (Wildman–Crippen MR) is 309 cm³/mol. The van der Waals surface area contributed by atoms with E-state index in [0.29, 0.717) is 0 Å². The first-order valence-corrected chi connectivity index (χ1v) is 26.4. The summed E-state index contributed by atoms with van der Waals surface area (Å²) in [5, 5.41) is 0. The van der Waals surface area contributed by atoms with Gasteiger partial charge in [-0.25, -0.2) is 97.8 Å². The summed E-state index contributed by atoms with van der Waals surface area (Å²) in [5.41, 5.74) is -6.47. The number of aromatic nitrogens is 4. The molecule has 0 spiro atoms. The zero-order valence-corrected chi connectivity index (χ0v) is 50.2. The monoisotopic (exact) mass is 1360 g/mol. The summed E-state index contributed by atoms with van der Waals surface area (Å²) < 4.78 is 294. The summed E-state index contributed by atoms with van der Waals surface area (Å²) in [6, 6.07) is 66.4. The number of nitrogens with one attached hydrogen (secondary N) is 2. The summed E-state index contributed by atoms with van der Waals surface area (Å²) in [7, 11) is 0. The summed E-state index contributed by atoms with van der Waals surface area (Å²) in [4.78, 5) is 16.0. The van der Waals surface area contributed by atoms with E-state index in [4.69, 9.17) is 0 Å². The molecule has 0 saturated heterocycles. The standard InChI is InChI=1S/C24BF20.C20H14N4.4C6H5.Zn/c26-5-1(6(27)14(35)21(42)13(5)34)25(2-7(28)15(36)22(43)16(37)8(2)29,3-9(30)17(38)23(44)18(39)10(3)31)4-11(32)19(40)24(45)20(41)12(4)33;1-2-14-10-16-5-6-18(23-16)12-20-8-7-19(24-20)11-17-4-3-15(22-17)9-13(1)21-14;4*1-2-4-6-5-3-1;/h;1-12,21-22H;4*1-5H;/q-1;;4*-1;+2. The van der Waals surface area contributed by atoms with Crippen molar-refractivity contribution in [2.75, 3.05) is 0 Å². The first-order chi connectivity index (χ1) is 44.5. The van der Waals surface area contributed by atoms with Gasteiger partial charge in [0.15, 0.2) is 69.8 Å². The molecular weight excluding hydrogens is 1330 g/mol. The largest absolute Gasteiger partial charge is 2.00 e. The van der Waals surface area contributed by atoms with Gasteiger partial charge in [0.2, 0.25) is 0 Å². The number of benzene rings is 8. The van der Waals surface area contributed by atoms with Gasteiger partial charge in [-0.1, -0.05) is 0 Å². The molecule has 0 radical (unpaired) electrons. The Bertz CT molecular complexity index is 3990. The van der Waals surface area contributed by atoms with E-state index in [1.807, 2.05) is 164 Å². The number of aromatic amines is 2. The van der Waals surface area contributed by atoms with Crippen LogP contribution in [-0.2, 0) is 19.5 Å². The molecule has 94 heavy (non-hydrogen) atoms. The summed E-state index contributed by atoms with van der Waals surface area (Å²) in [6.45, 7) is 0. The average Bonchev–Trinajstić information content (AvgIpc) is 0.785. The minimum absolute atomic E-state index is 0. The van der Waals surface area contributed by atoms with Crippen LogP contribution < -0.4 is 21.9 Å². The van der Waals surface area contributed by atoms with Gasteiger partial charge in [0, 0.05) is 22.1 Å². The van der Waals surface area contributed by atoms with Crippen LogP contribution in [0.5, 0.6) is 0 Å². The van der Waals surface area contributed by atoms with E-state index in [1.165, 1.54) is 0 Å². The zero-order valence-electron chi connectivity index (χ0n) is 47.2. The maximum atomic E-state index is 15.4.